The van der Waals surface area contributed by atoms with Gasteiger partial charge in [0.15, 0.2) is 11.5 Å². The van der Waals surface area contributed by atoms with Crippen LogP contribution < -0.4 is 14.8 Å². The van der Waals surface area contributed by atoms with Gasteiger partial charge >= 0.3 is 0 Å². The molecule has 1 atom stereocenters. The van der Waals surface area contributed by atoms with Crippen LogP contribution in [0.25, 0.3) is 0 Å². The van der Waals surface area contributed by atoms with Crippen molar-refractivity contribution in [2.75, 3.05) is 19.8 Å². The predicted molar refractivity (Wildman–Crippen MR) is 72.8 cm³/mol. The van der Waals surface area contributed by atoms with Gasteiger partial charge in [-0.15, -0.1) is 0 Å². The first-order valence-corrected chi connectivity index (χ1v) is 6.63. The molecular formula is C15H17NO4. The minimum absolute atomic E-state index is 0.0158. The van der Waals surface area contributed by atoms with Crippen LogP contribution in [0.15, 0.2) is 41.0 Å². The van der Waals surface area contributed by atoms with Gasteiger partial charge < -0.3 is 24.3 Å². The monoisotopic (exact) mass is 275 g/mol. The third-order valence-electron chi connectivity index (χ3n) is 3.23. The Balaban J connectivity index is 1.66. The molecule has 1 unspecified atom stereocenters. The smallest absolute Gasteiger partial charge is 0.161 e. The highest BCUT2D eigenvalue weighted by atomic mass is 16.6. The van der Waals surface area contributed by atoms with Gasteiger partial charge in [0.25, 0.3) is 0 Å². The van der Waals surface area contributed by atoms with E-state index in [1.165, 1.54) is 0 Å². The summed E-state index contributed by atoms with van der Waals surface area (Å²) in [5, 5.41) is 12.7. The van der Waals surface area contributed by atoms with Gasteiger partial charge in [-0.1, -0.05) is 6.07 Å². The number of nitrogens with one attached hydrogen (secondary N) is 1. The predicted octanol–water partition coefficient (Wildman–Crippen LogP) is 1.87. The molecule has 20 heavy (non-hydrogen) atoms. The summed E-state index contributed by atoms with van der Waals surface area (Å²) >= 11 is 0. The second-order valence-corrected chi connectivity index (χ2v) is 4.61. The van der Waals surface area contributed by atoms with E-state index >= 15 is 0 Å². The largest absolute Gasteiger partial charge is 0.486 e. The standard InChI is InChI=1S/C15H17NO4/c17-10-12(13-2-1-5-18-13)16-9-11-3-4-14-15(8-11)20-7-6-19-14/h1-5,8,12,16-17H,6-7,9-10H2. The molecule has 0 bridgehead atoms. The van der Waals surface area contributed by atoms with Crippen molar-refractivity contribution < 1.29 is 19.0 Å². The minimum Gasteiger partial charge on any atom is -0.486 e. The number of rotatable bonds is 5. The number of aliphatic hydroxyl groups excluding tert-OH is 1. The number of fused-ring (bicyclic) bond motifs is 1. The van der Waals surface area contributed by atoms with Gasteiger partial charge in [-0.05, 0) is 29.8 Å². The van der Waals surface area contributed by atoms with E-state index in [9.17, 15) is 5.11 Å². The first-order valence-electron chi connectivity index (χ1n) is 6.63. The molecule has 1 aliphatic heterocycles. The van der Waals surface area contributed by atoms with Gasteiger partial charge in [-0.3, -0.25) is 0 Å². The summed E-state index contributed by atoms with van der Waals surface area (Å²) in [5.74, 6) is 2.28. The second kappa shape index (κ2) is 5.98. The fourth-order valence-electron chi connectivity index (χ4n) is 2.18. The first kappa shape index (κ1) is 13.0. The summed E-state index contributed by atoms with van der Waals surface area (Å²) < 4.78 is 16.3. The van der Waals surface area contributed by atoms with E-state index in [0.717, 1.165) is 22.8 Å². The molecule has 3 rings (SSSR count). The van der Waals surface area contributed by atoms with E-state index in [2.05, 4.69) is 5.32 Å². The fraction of sp³-hybridized carbons (Fsp3) is 0.333. The van der Waals surface area contributed by atoms with Crippen LogP contribution in [0.1, 0.15) is 17.4 Å². The van der Waals surface area contributed by atoms with Crippen molar-refractivity contribution in [2.45, 2.75) is 12.6 Å². The molecule has 0 fully saturated rings. The maximum atomic E-state index is 9.40. The number of furan rings is 1. The van der Waals surface area contributed by atoms with Gasteiger partial charge in [0.2, 0.25) is 0 Å². The number of hydrogen-bond donors (Lipinski definition) is 2. The van der Waals surface area contributed by atoms with E-state index in [0.29, 0.717) is 19.8 Å². The molecule has 0 saturated heterocycles. The lowest BCUT2D eigenvalue weighted by atomic mass is 10.1. The number of ether oxygens (including phenoxy) is 2. The van der Waals surface area contributed by atoms with E-state index in [1.807, 2.05) is 30.3 Å². The maximum Gasteiger partial charge on any atom is 0.161 e. The summed E-state index contributed by atoms with van der Waals surface area (Å²) in [7, 11) is 0. The van der Waals surface area contributed by atoms with E-state index in [1.54, 1.807) is 6.26 Å². The van der Waals surface area contributed by atoms with Crippen LogP contribution >= 0.6 is 0 Å². The fourth-order valence-corrected chi connectivity index (χ4v) is 2.18. The third-order valence-corrected chi connectivity index (χ3v) is 3.23. The Morgan fingerprint density at radius 2 is 2.00 bits per heavy atom. The van der Waals surface area contributed by atoms with Crippen LogP contribution in [0, 0.1) is 0 Å². The summed E-state index contributed by atoms with van der Waals surface area (Å²) in [6, 6.07) is 9.29. The summed E-state index contributed by atoms with van der Waals surface area (Å²) in [6.45, 7) is 1.77. The number of hydrogen-bond acceptors (Lipinski definition) is 5. The molecule has 5 nitrogen and oxygen atoms in total. The molecule has 1 aliphatic rings. The molecule has 1 aromatic heterocycles. The highest BCUT2D eigenvalue weighted by molar-refractivity contribution is 5.43. The average Bonchev–Trinajstić information content (AvgIpc) is 3.02. The van der Waals surface area contributed by atoms with Crippen LogP contribution in [0.2, 0.25) is 0 Å². The zero-order valence-corrected chi connectivity index (χ0v) is 11.0. The molecule has 0 aliphatic carbocycles. The number of benzene rings is 1. The van der Waals surface area contributed by atoms with Gasteiger partial charge in [0.1, 0.15) is 19.0 Å². The van der Waals surface area contributed by atoms with Crippen LogP contribution in [-0.4, -0.2) is 24.9 Å². The average molecular weight is 275 g/mol. The van der Waals surface area contributed by atoms with Crippen molar-refractivity contribution in [2.24, 2.45) is 0 Å². The van der Waals surface area contributed by atoms with Crippen LogP contribution in [0.3, 0.4) is 0 Å². The Labute approximate surface area is 117 Å². The molecule has 0 saturated carbocycles. The lowest BCUT2D eigenvalue weighted by Crippen LogP contribution is -2.23. The van der Waals surface area contributed by atoms with Crippen molar-refractivity contribution in [3.63, 3.8) is 0 Å². The first-order chi connectivity index (χ1) is 9.86. The van der Waals surface area contributed by atoms with Crippen LogP contribution in [-0.2, 0) is 6.54 Å². The molecule has 0 spiro atoms. The summed E-state index contributed by atoms with van der Waals surface area (Å²) in [5.41, 5.74) is 1.07. The minimum atomic E-state index is -0.210. The van der Waals surface area contributed by atoms with E-state index in [-0.39, 0.29) is 12.6 Å². The molecule has 106 valence electrons. The van der Waals surface area contributed by atoms with Crippen LogP contribution in [0.5, 0.6) is 11.5 Å². The normalized spacial score (nSPS) is 15.1. The van der Waals surface area contributed by atoms with Crippen molar-refractivity contribution in [1.29, 1.82) is 0 Å². The maximum absolute atomic E-state index is 9.40. The zero-order valence-electron chi connectivity index (χ0n) is 11.0. The topological polar surface area (TPSA) is 63.9 Å². The molecule has 2 aromatic rings. The highest BCUT2D eigenvalue weighted by Gasteiger charge is 2.14. The van der Waals surface area contributed by atoms with Crippen LogP contribution in [0.4, 0.5) is 0 Å². The van der Waals surface area contributed by atoms with Crippen molar-refractivity contribution >= 4 is 0 Å². The Kier molecular flexibility index (Phi) is 3.90. The van der Waals surface area contributed by atoms with Gasteiger partial charge in [0.05, 0.1) is 18.9 Å². The molecular weight excluding hydrogens is 258 g/mol. The molecule has 1 aromatic carbocycles. The highest BCUT2D eigenvalue weighted by Crippen LogP contribution is 2.30. The van der Waals surface area contributed by atoms with Gasteiger partial charge in [-0.25, -0.2) is 0 Å². The lowest BCUT2D eigenvalue weighted by molar-refractivity contribution is 0.171. The lowest BCUT2D eigenvalue weighted by Gasteiger charge is -2.19. The van der Waals surface area contributed by atoms with E-state index < -0.39 is 0 Å². The SMILES string of the molecule is OCC(NCc1ccc2c(c1)OCCO2)c1ccco1. The summed E-state index contributed by atoms with van der Waals surface area (Å²) in [4.78, 5) is 0. The van der Waals surface area contributed by atoms with E-state index in [4.69, 9.17) is 13.9 Å². The quantitative estimate of drug-likeness (QED) is 0.872. The Bertz CT molecular complexity index is 553. The molecule has 2 N–H and O–H groups in total. The summed E-state index contributed by atoms with van der Waals surface area (Å²) in [6.07, 6.45) is 1.60. The van der Waals surface area contributed by atoms with Gasteiger partial charge in [-0.2, -0.15) is 0 Å². The number of aliphatic hydroxyl groups is 1. The van der Waals surface area contributed by atoms with Crippen molar-refractivity contribution in [3.05, 3.63) is 47.9 Å². The molecule has 5 heteroatoms. The van der Waals surface area contributed by atoms with Gasteiger partial charge in [0, 0.05) is 6.54 Å². The third kappa shape index (κ3) is 2.79. The molecule has 0 amide bonds. The zero-order chi connectivity index (χ0) is 13.8. The van der Waals surface area contributed by atoms with Crippen molar-refractivity contribution in [1.82, 2.24) is 5.32 Å². The Hall–Kier alpha value is -1.98. The molecule has 2 heterocycles. The Morgan fingerprint density at radius 1 is 1.15 bits per heavy atom. The Morgan fingerprint density at radius 3 is 2.75 bits per heavy atom. The molecule has 0 radical (unpaired) electrons. The second-order valence-electron chi connectivity index (χ2n) is 4.61. The van der Waals surface area contributed by atoms with Crippen molar-refractivity contribution in [3.8, 4) is 11.5 Å².